The summed E-state index contributed by atoms with van der Waals surface area (Å²) >= 11 is 0. The van der Waals surface area contributed by atoms with Gasteiger partial charge in [-0.15, -0.1) is 0 Å². The molecule has 0 radical (unpaired) electrons. The molecular formula is C18H24N2O3. The molecule has 1 heterocycles. The fraction of sp³-hybridized carbons (Fsp3) is 0.556. The van der Waals surface area contributed by atoms with E-state index in [0.717, 1.165) is 36.1 Å². The molecule has 1 aliphatic heterocycles. The number of carbonyl (C=O) groups is 2. The van der Waals surface area contributed by atoms with Crippen LogP contribution < -0.4 is 4.74 Å². The molecule has 1 aromatic rings. The Bertz CT molecular complexity index is 641. The number of nitrogens with zero attached hydrogens (tertiary/aromatic N) is 2. The summed E-state index contributed by atoms with van der Waals surface area (Å²) in [6.45, 7) is 1.17. The van der Waals surface area contributed by atoms with Crippen LogP contribution in [0.2, 0.25) is 0 Å². The van der Waals surface area contributed by atoms with Crippen molar-refractivity contribution in [3.05, 3.63) is 29.3 Å². The summed E-state index contributed by atoms with van der Waals surface area (Å²) in [5, 5.41) is 0. The van der Waals surface area contributed by atoms with E-state index in [4.69, 9.17) is 4.74 Å². The molecule has 1 aromatic carbocycles. The van der Waals surface area contributed by atoms with E-state index >= 15 is 0 Å². The first-order valence-electron chi connectivity index (χ1n) is 8.15. The number of hydrogen-bond acceptors (Lipinski definition) is 4. The normalized spacial score (nSPS) is 23.7. The lowest BCUT2D eigenvalue weighted by Gasteiger charge is -2.33. The van der Waals surface area contributed by atoms with Gasteiger partial charge >= 0.3 is 0 Å². The van der Waals surface area contributed by atoms with E-state index in [1.165, 1.54) is 4.90 Å². The van der Waals surface area contributed by atoms with Gasteiger partial charge in [-0.05, 0) is 56.6 Å². The van der Waals surface area contributed by atoms with Gasteiger partial charge in [0.05, 0.1) is 12.5 Å². The van der Waals surface area contributed by atoms with E-state index in [1.54, 1.807) is 7.11 Å². The van der Waals surface area contributed by atoms with E-state index in [2.05, 4.69) is 0 Å². The topological polar surface area (TPSA) is 49.9 Å². The summed E-state index contributed by atoms with van der Waals surface area (Å²) in [6.07, 6.45) is 2.93. The first-order chi connectivity index (χ1) is 11.0. The average Bonchev–Trinajstić information content (AvgIpc) is 2.76. The van der Waals surface area contributed by atoms with Gasteiger partial charge in [-0.2, -0.15) is 0 Å². The Hall–Kier alpha value is -1.88. The maximum absolute atomic E-state index is 13.1. The van der Waals surface area contributed by atoms with Crippen molar-refractivity contribution in [2.24, 2.45) is 0 Å². The fourth-order valence-corrected chi connectivity index (χ4v) is 3.82. The Morgan fingerprint density at radius 1 is 1.30 bits per heavy atom. The molecule has 23 heavy (non-hydrogen) atoms. The lowest BCUT2D eigenvalue weighted by molar-refractivity contribution is -0.140. The Labute approximate surface area is 137 Å². The highest BCUT2D eigenvalue weighted by molar-refractivity contribution is 6.09. The van der Waals surface area contributed by atoms with Crippen LogP contribution in [0.1, 0.15) is 30.4 Å². The van der Waals surface area contributed by atoms with Gasteiger partial charge in [-0.3, -0.25) is 14.5 Å². The van der Waals surface area contributed by atoms with Crippen molar-refractivity contribution in [1.82, 2.24) is 9.80 Å². The fourth-order valence-electron chi connectivity index (χ4n) is 3.82. The molecule has 3 rings (SSSR count). The minimum Gasteiger partial charge on any atom is -0.497 e. The third-order valence-electron chi connectivity index (χ3n) is 5.06. The van der Waals surface area contributed by atoms with Gasteiger partial charge < -0.3 is 9.64 Å². The predicted octanol–water partition coefficient (Wildman–Crippen LogP) is 1.59. The maximum atomic E-state index is 13.1. The van der Waals surface area contributed by atoms with Gasteiger partial charge in [-0.1, -0.05) is 6.07 Å². The van der Waals surface area contributed by atoms with Crippen LogP contribution in [0.4, 0.5) is 0 Å². The predicted molar refractivity (Wildman–Crippen MR) is 87.5 cm³/mol. The molecule has 124 valence electrons. The molecule has 0 saturated carbocycles. The zero-order valence-electron chi connectivity index (χ0n) is 14.1. The minimum atomic E-state index is -0.650. The van der Waals surface area contributed by atoms with Crippen LogP contribution in [-0.4, -0.2) is 55.9 Å². The van der Waals surface area contributed by atoms with E-state index in [0.29, 0.717) is 19.5 Å². The largest absolute Gasteiger partial charge is 0.497 e. The molecule has 0 N–H and O–H groups in total. The summed E-state index contributed by atoms with van der Waals surface area (Å²) in [4.78, 5) is 29.0. The molecule has 1 atom stereocenters. The Morgan fingerprint density at radius 2 is 2.09 bits per heavy atom. The minimum absolute atomic E-state index is 0.0181. The summed E-state index contributed by atoms with van der Waals surface area (Å²) in [5.41, 5.74) is 1.52. The standard InChI is InChI=1S/C18H24N2O3/c1-19(2)9-10-20-16(21)12-18(17(20)22)8-4-5-13-11-14(23-3)6-7-15(13)18/h6-7,11H,4-5,8-10,12H2,1-3H3. The van der Waals surface area contributed by atoms with Crippen LogP contribution in [0.3, 0.4) is 0 Å². The number of benzene rings is 1. The summed E-state index contributed by atoms with van der Waals surface area (Å²) < 4.78 is 5.30. The van der Waals surface area contributed by atoms with Crippen molar-refractivity contribution in [1.29, 1.82) is 0 Å². The zero-order chi connectivity index (χ0) is 16.6. The second-order valence-corrected chi connectivity index (χ2v) is 6.79. The van der Waals surface area contributed by atoms with Crippen LogP contribution in [0.5, 0.6) is 5.75 Å². The molecule has 1 unspecified atom stereocenters. The lowest BCUT2D eigenvalue weighted by Crippen LogP contribution is -2.42. The van der Waals surface area contributed by atoms with E-state index in [9.17, 15) is 9.59 Å². The van der Waals surface area contributed by atoms with Crippen LogP contribution in [0, 0.1) is 0 Å². The number of ether oxygens (including phenoxy) is 1. The highest BCUT2D eigenvalue weighted by atomic mass is 16.5. The van der Waals surface area contributed by atoms with Gasteiger partial charge in [0.25, 0.3) is 0 Å². The maximum Gasteiger partial charge on any atom is 0.240 e. The highest BCUT2D eigenvalue weighted by Gasteiger charge is 2.53. The van der Waals surface area contributed by atoms with Crippen molar-refractivity contribution in [3.63, 3.8) is 0 Å². The first-order valence-corrected chi connectivity index (χ1v) is 8.15. The number of rotatable bonds is 4. The number of aryl methyl sites for hydroxylation is 1. The summed E-state index contributed by atoms with van der Waals surface area (Å²) in [5.74, 6) is 0.748. The van der Waals surface area contributed by atoms with Gasteiger partial charge in [0, 0.05) is 19.5 Å². The SMILES string of the molecule is COc1ccc2c(c1)CCCC21CC(=O)N(CCN(C)C)C1=O. The van der Waals surface area contributed by atoms with E-state index in [1.807, 2.05) is 37.2 Å². The molecule has 1 saturated heterocycles. The average molecular weight is 316 g/mol. The molecule has 5 nitrogen and oxygen atoms in total. The smallest absolute Gasteiger partial charge is 0.240 e. The lowest BCUT2D eigenvalue weighted by atomic mass is 9.69. The first kappa shape index (κ1) is 16.0. The zero-order valence-corrected chi connectivity index (χ0v) is 14.1. The van der Waals surface area contributed by atoms with Crippen molar-refractivity contribution < 1.29 is 14.3 Å². The third-order valence-corrected chi connectivity index (χ3v) is 5.06. The number of imide groups is 1. The number of amides is 2. The van der Waals surface area contributed by atoms with Crippen molar-refractivity contribution in [2.75, 3.05) is 34.3 Å². The van der Waals surface area contributed by atoms with Crippen molar-refractivity contribution >= 4 is 11.8 Å². The van der Waals surface area contributed by atoms with Crippen LogP contribution in [-0.2, 0) is 21.4 Å². The van der Waals surface area contributed by atoms with Crippen LogP contribution in [0.15, 0.2) is 18.2 Å². The molecular weight excluding hydrogens is 292 g/mol. The number of hydrogen-bond donors (Lipinski definition) is 0. The van der Waals surface area contributed by atoms with Gasteiger partial charge in [-0.25, -0.2) is 0 Å². The molecule has 1 fully saturated rings. The van der Waals surface area contributed by atoms with Crippen molar-refractivity contribution in [3.8, 4) is 5.75 Å². The molecule has 2 aliphatic rings. The monoisotopic (exact) mass is 316 g/mol. The quantitative estimate of drug-likeness (QED) is 0.792. The van der Waals surface area contributed by atoms with Crippen LogP contribution >= 0.6 is 0 Å². The molecule has 1 aliphatic carbocycles. The molecule has 0 aromatic heterocycles. The summed E-state index contributed by atoms with van der Waals surface area (Å²) in [7, 11) is 5.54. The highest BCUT2D eigenvalue weighted by Crippen LogP contribution is 2.46. The van der Waals surface area contributed by atoms with E-state index < -0.39 is 5.41 Å². The second-order valence-electron chi connectivity index (χ2n) is 6.79. The number of likely N-dealkylation sites (N-methyl/N-ethyl adjacent to an activating group) is 1. The molecule has 1 spiro atoms. The molecule has 2 amide bonds. The third kappa shape index (κ3) is 2.63. The van der Waals surface area contributed by atoms with Crippen LogP contribution in [0.25, 0.3) is 0 Å². The Balaban J connectivity index is 1.95. The van der Waals surface area contributed by atoms with Crippen molar-refractivity contribution in [2.45, 2.75) is 31.1 Å². The number of carbonyl (C=O) groups excluding carboxylic acids is 2. The Morgan fingerprint density at radius 3 is 2.78 bits per heavy atom. The number of likely N-dealkylation sites (tertiary alicyclic amines) is 1. The molecule has 5 heteroatoms. The number of fused-ring (bicyclic) bond motifs is 2. The Kier molecular flexibility index (Phi) is 4.15. The second kappa shape index (κ2) is 5.96. The number of methoxy groups -OCH3 is 1. The van der Waals surface area contributed by atoms with Gasteiger partial charge in [0.1, 0.15) is 5.75 Å². The van der Waals surface area contributed by atoms with E-state index in [-0.39, 0.29) is 11.8 Å². The van der Waals surface area contributed by atoms with Gasteiger partial charge in [0.2, 0.25) is 11.8 Å². The summed E-state index contributed by atoms with van der Waals surface area (Å²) in [6, 6.07) is 5.89. The molecule has 0 bridgehead atoms. The van der Waals surface area contributed by atoms with Gasteiger partial charge in [0.15, 0.2) is 0 Å².